The minimum atomic E-state index is -0.344. The quantitative estimate of drug-likeness (QED) is 0.656. The second-order valence-electron chi connectivity index (χ2n) is 4.36. The zero-order chi connectivity index (χ0) is 15.9. The number of carbonyl (C=O) groups is 1. The lowest BCUT2D eigenvalue weighted by molar-refractivity contribution is 0.0954. The maximum absolute atomic E-state index is 12.1. The maximum atomic E-state index is 12.1. The van der Waals surface area contributed by atoms with Crippen LogP contribution in [0.25, 0.3) is 0 Å². The second kappa shape index (κ2) is 7.61. The van der Waals surface area contributed by atoms with Gasteiger partial charge in [-0.05, 0) is 29.8 Å². The first-order valence-electron chi connectivity index (χ1n) is 6.44. The summed E-state index contributed by atoms with van der Waals surface area (Å²) in [6, 6.07) is 12.5. The Balaban J connectivity index is 2.09. The van der Waals surface area contributed by atoms with Gasteiger partial charge in [0.15, 0.2) is 0 Å². The highest BCUT2D eigenvalue weighted by molar-refractivity contribution is 9.10. The third-order valence-corrected chi connectivity index (χ3v) is 3.34. The van der Waals surface area contributed by atoms with Crippen LogP contribution < -0.4 is 14.9 Å². The fourth-order valence-electron chi connectivity index (χ4n) is 1.76. The van der Waals surface area contributed by atoms with E-state index < -0.39 is 0 Å². The summed E-state index contributed by atoms with van der Waals surface area (Å²) in [6.45, 7) is 0. The number of hydrogen-bond donors (Lipinski definition) is 1. The van der Waals surface area contributed by atoms with E-state index in [1.54, 1.807) is 24.4 Å². The Morgan fingerprint density at radius 1 is 1.14 bits per heavy atom. The van der Waals surface area contributed by atoms with Crippen LogP contribution in [0.3, 0.4) is 0 Å². The molecule has 0 spiro atoms. The first kappa shape index (κ1) is 16.0. The Morgan fingerprint density at radius 3 is 2.41 bits per heavy atom. The lowest BCUT2D eigenvalue weighted by Gasteiger charge is -2.07. The number of hydrogen-bond acceptors (Lipinski definition) is 4. The van der Waals surface area contributed by atoms with E-state index in [1.165, 1.54) is 14.2 Å². The normalized spacial score (nSPS) is 10.5. The molecule has 0 heterocycles. The molecule has 6 heteroatoms. The SMILES string of the molecule is COc1cc(OC)cc(C(=O)N/N=C\c2cccc(Br)c2)c1. The van der Waals surface area contributed by atoms with Crippen LogP contribution in [0.4, 0.5) is 0 Å². The first-order chi connectivity index (χ1) is 10.6. The van der Waals surface area contributed by atoms with Gasteiger partial charge in [-0.15, -0.1) is 0 Å². The van der Waals surface area contributed by atoms with E-state index in [2.05, 4.69) is 26.5 Å². The van der Waals surface area contributed by atoms with E-state index in [4.69, 9.17) is 9.47 Å². The molecule has 0 atom stereocenters. The first-order valence-corrected chi connectivity index (χ1v) is 7.23. The summed E-state index contributed by atoms with van der Waals surface area (Å²) in [6.07, 6.45) is 1.57. The van der Waals surface area contributed by atoms with Crippen LogP contribution in [0.15, 0.2) is 52.0 Å². The molecule has 1 N–H and O–H groups in total. The fraction of sp³-hybridized carbons (Fsp3) is 0.125. The van der Waals surface area contributed by atoms with Crippen molar-refractivity contribution in [3.05, 3.63) is 58.1 Å². The molecule has 0 saturated carbocycles. The highest BCUT2D eigenvalue weighted by Crippen LogP contribution is 2.22. The van der Waals surface area contributed by atoms with Gasteiger partial charge in [-0.3, -0.25) is 4.79 Å². The van der Waals surface area contributed by atoms with Crippen molar-refractivity contribution in [2.24, 2.45) is 5.10 Å². The van der Waals surface area contributed by atoms with Crippen LogP contribution in [-0.2, 0) is 0 Å². The number of carbonyl (C=O) groups excluding carboxylic acids is 1. The van der Waals surface area contributed by atoms with Crippen molar-refractivity contribution >= 4 is 28.1 Å². The molecule has 0 aliphatic heterocycles. The minimum Gasteiger partial charge on any atom is -0.497 e. The Labute approximate surface area is 137 Å². The van der Waals surface area contributed by atoms with E-state index in [-0.39, 0.29) is 5.91 Å². The van der Waals surface area contributed by atoms with Crippen LogP contribution in [0.1, 0.15) is 15.9 Å². The van der Waals surface area contributed by atoms with Gasteiger partial charge < -0.3 is 9.47 Å². The van der Waals surface area contributed by atoms with Crippen LogP contribution in [-0.4, -0.2) is 26.3 Å². The van der Waals surface area contributed by atoms with E-state index in [0.717, 1.165) is 10.0 Å². The van der Waals surface area contributed by atoms with E-state index in [0.29, 0.717) is 17.1 Å². The smallest absolute Gasteiger partial charge is 0.271 e. The molecule has 0 unspecified atom stereocenters. The molecule has 0 aliphatic rings. The molecule has 114 valence electrons. The predicted octanol–water partition coefficient (Wildman–Crippen LogP) is 3.23. The van der Waals surface area contributed by atoms with E-state index in [1.807, 2.05) is 24.3 Å². The summed E-state index contributed by atoms with van der Waals surface area (Å²) in [5, 5.41) is 3.94. The summed E-state index contributed by atoms with van der Waals surface area (Å²) in [5.41, 5.74) is 3.75. The zero-order valence-corrected chi connectivity index (χ0v) is 13.8. The van der Waals surface area contributed by atoms with Crippen molar-refractivity contribution in [1.82, 2.24) is 5.43 Å². The highest BCUT2D eigenvalue weighted by atomic mass is 79.9. The largest absolute Gasteiger partial charge is 0.497 e. The van der Waals surface area contributed by atoms with Crippen LogP contribution in [0.2, 0.25) is 0 Å². The van der Waals surface area contributed by atoms with Gasteiger partial charge in [0.05, 0.1) is 20.4 Å². The van der Waals surface area contributed by atoms with Crippen LogP contribution >= 0.6 is 15.9 Å². The number of rotatable bonds is 5. The molecule has 0 radical (unpaired) electrons. The van der Waals surface area contributed by atoms with Gasteiger partial charge in [0, 0.05) is 16.1 Å². The van der Waals surface area contributed by atoms with Crippen molar-refractivity contribution in [3.8, 4) is 11.5 Å². The number of methoxy groups -OCH3 is 2. The Kier molecular flexibility index (Phi) is 5.55. The van der Waals surface area contributed by atoms with Crippen molar-refractivity contribution in [3.63, 3.8) is 0 Å². The molecule has 5 nitrogen and oxygen atoms in total. The molecule has 0 bridgehead atoms. The van der Waals surface area contributed by atoms with Gasteiger partial charge in [-0.25, -0.2) is 5.43 Å². The van der Waals surface area contributed by atoms with Crippen molar-refractivity contribution in [2.45, 2.75) is 0 Å². The molecule has 0 saturated heterocycles. The number of hydrazone groups is 1. The summed E-state index contributed by atoms with van der Waals surface area (Å²) < 4.78 is 11.2. The van der Waals surface area contributed by atoms with Crippen molar-refractivity contribution in [2.75, 3.05) is 14.2 Å². The number of ether oxygens (including phenoxy) is 2. The number of nitrogens with one attached hydrogen (secondary N) is 1. The predicted molar refractivity (Wildman–Crippen MR) is 88.7 cm³/mol. The van der Waals surface area contributed by atoms with Gasteiger partial charge in [0.1, 0.15) is 11.5 Å². The van der Waals surface area contributed by atoms with Crippen molar-refractivity contribution in [1.29, 1.82) is 0 Å². The lowest BCUT2D eigenvalue weighted by atomic mass is 10.2. The van der Waals surface area contributed by atoms with Gasteiger partial charge >= 0.3 is 0 Å². The molecular formula is C16H15BrN2O3. The molecule has 2 rings (SSSR count). The average Bonchev–Trinajstić information content (AvgIpc) is 2.54. The zero-order valence-electron chi connectivity index (χ0n) is 12.2. The number of benzene rings is 2. The molecule has 1 amide bonds. The minimum absolute atomic E-state index is 0.344. The number of nitrogens with zero attached hydrogens (tertiary/aromatic N) is 1. The number of halogens is 1. The molecule has 2 aromatic carbocycles. The lowest BCUT2D eigenvalue weighted by Crippen LogP contribution is -2.17. The third-order valence-electron chi connectivity index (χ3n) is 2.84. The summed E-state index contributed by atoms with van der Waals surface area (Å²) >= 11 is 3.37. The number of amides is 1. The summed E-state index contributed by atoms with van der Waals surface area (Å²) in [4.78, 5) is 12.1. The Morgan fingerprint density at radius 2 is 1.82 bits per heavy atom. The van der Waals surface area contributed by atoms with Gasteiger partial charge in [0.2, 0.25) is 0 Å². The third kappa shape index (κ3) is 4.33. The van der Waals surface area contributed by atoms with E-state index in [9.17, 15) is 4.79 Å². The molecule has 2 aromatic rings. The van der Waals surface area contributed by atoms with Gasteiger partial charge in [0.25, 0.3) is 5.91 Å². The highest BCUT2D eigenvalue weighted by Gasteiger charge is 2.08. The molecule has 0 aliphatic carbocycles. The summed E-state index contributed by atoms with van der Waals surface area (Å²) in [5.74, 6) is 0.740. The van der Waals surface area contributed by atoms with Crippen LogP contribution in [0, 0.1) is 0 Å². The monoisotopic (exact) mass is 362 g/mol. The average molecular weight is 363 g/mol. The Bertz CT molecular complexity index is 679. The summed E-state index contributed by atoms with van der Waals surface area (Å²) in [7, 11) is 3.06. The van der Waals surface area contributed by atoms with Gasteiger partial charge in [-0.1, -0.05) is 28.1 Å². The molecular weight excluding hydrogens is 348 g/mol. The second-order valence-corrected chi connectivity index (χ2v) is 5.27. The Hall–Kier alpha value is -2.34. The fourth-order valence-corrected chi connectivity index (χ4v) is 2.17. The van der Waals surface area contributed by atoms with Crippen LogP contribution in [0.5, 0.6) is 11.5 Å². The molecule has 22 heavy (non-hydrogen) atoms. The van der Waals surface area contributed by atoms with Gasteiger partial charge in [-0.2, -0.15) is 5.10 Å². The molecule has 0 fully saturated rings. The maximum Gasteiger partial charge on any atom is 0.271 e. The molecule has 0 aromatic heterocycles. The topological polar surface area (TPSA) is 59.9 Å². The van der Waals surface area contributed by atoms with E-state index >= 15 is 0 Å². The van der Waals surface area contributed by atoms with Crippen molar-refractivity contribution < 1.29 is 14.3 Å². The standard InChI is InChI=1S/C16H15BrN2O3/c1-21-14-7-12(8-15(9-14)22-2)16(20)19-18-10-11-4-3-5-13(17)6-11/h3-10H,1-2H3,(H,19,20)/b18-10-.